The summed E-state index contributed by atoms with van der Waals surface area (Å²) in [5.74, 6) is -0.143. The molecule has 0 aromatic heterocycles. The van der Waals surface area contributed by atoms with Crippen LogP contribution in [0.15, 0.2) is 0 Å². The van der Waals surface area contributed by atoms with Crippen molar-refractivity contribution in [2.45, 2.75) is 26.7 Å². The molecule has 0 bridgehead atoms. The zero-order valence-electron chi connectivity index (χ0n) is 8.99. The Balaban J connectivity index is 3.43. The van der Waals surface area contributed by atoms with Crippen LogP contribution in [0.1, 0.15) is 26.7 Å². The first-order valence-corrected chi connectivity index (χ1v) is 5.11. The number of hydrogen-bond acceptors (Lipinski definition) is 4. The number of aliphatic hydroxyl groups excluding tert-OH is 1. The molecule has 0 aliphatic rings. The van der Waals surface area contributed by atoms with Crippen molar-refractivity contribution in [3.8, 4) is 0 Å². The molecule has 1 N–H and O–H groups in total. The van der Waals surface area contributed by atoms with Crippen LogP contribution in [0.5, 0.6) is 0 Å². The summed E-state index contributed by atoms with van der Waals surface area (Å²) in [7, 11) is 0. The van der Waals surface area contributed by atoms with Gasteiger partial charge in [-0.1, -0.05) is 13.8 Å². The Kier molecular flexibility index (Phi) is 8.57. The summed E-state index contributed by atoms with van der Waals surface area (Å²) in [6, 6.07) is 0. The summed E-state index contributed by atoms with van der Waals surface area (Å²) in [6.45, 7) is 4.86. The number of hydrogen-bond donors (Lipinski definition) is 1. The molecule has 0 aromatic carbocycles. The third-order valence-electron chi connectivity index (χ3n) is 2.03. The van der Waals surface area contributed by atoms with E-state index in [-0.39, 0.29) is 25.1 Å². The highest BCUT2D eigenvalue weighted by molar-refractivity contribution is 5.72. The molecule has 4 nitrogen and oxygen atoms in total. The molecule has 0 aliphatic heterocycles. The standard InChI is InChI=1S/C10H20O4/c1-3-9(4-2)10(12)14-8-7-13-6-5-11/h9,11H,3-8H2,1-2H3. The van der Waals surface area contributed by atoms with E-state index in [1.165, 1.54) is 0 Å². The number of aliphatic hydroxyl groups is 1. The molecular formula is C10H20O4. The molecule has 0 aliphatic carbocycles. The van der Waals surface area contributed by atoms with E-state index in [0.717, 1.165) is 12.8 Å². The first kappa shape index (κ1) is 13.4. The van der Waals surface area contributed by atoms with Gasteiger partial charge < -0.3 is 14.6 Å². The first-order valence-electron chi connectivity index (χ1n) is 5.11. The van der Waals surface area contributed by atoms with E-state index in [1.54, 1.807) is 0 Å². The molecule has 4 heteroatoms. The maximum atomic E-state index is 11.3. The molecule has 0 spiro atoms. The van der Waals surface area contributed by atoms with Gasteiger partial charge in [-0.05, 0) is 12.8 Å². The minimum Gasteiger partial charge on any atom is -0.463 e. The van der Waals surface area contributed by atoms with Gasteiger partial charge in [-0.25, -0.2) is 0 Å². The van der Waals surface area contributed by atoms with Gasteiger partial charge in [0.1, 0.15) is 6.61 Å². The fourth-order valence-electron chi connectivity index (χ4n) is 1.11. The van der Waals surface area contributed by atoms with Gasteiger partial charge in [0.15, 0.2) is 0 Å². The van der Waals surface area contributed by atoms with Gasteiger partial charge in [0.05, 0.1) is 25.7 Å². The average molecular weight is 204 g/mol. The highest BCUT2D eigenvalue weighted by atomic mass is 16.6. The maximum Gasteiger partial charge on any atom is 0.308 e. The predicted octanol–water partition coefficient (Wildman–Crippen LogP) is 0.975. The molecule has 0 heterocycles. The molecule has 84 valence electrons. The number of rotatable bonds is 8. The minimum absolute atomic E-state index is 0.000488. The Hall–Kier alpha value is -0.610. The third-order valence-corrected chi connectivity index (χ3v) is 2.03. The summed E-state index contributed by atoms with van der Waals surface area (Å²) in [6.07, 6.45) is 1.62. The van der Waals surface area contributed by atoms with Gasteiger partial charge in [0.25, 0.3) is 0 Å². The van der Waals surface area contributed by atoms with Gasteiger partial charge in [0.2, 0.25) is 0 Å². The topological polar surface area (TPSA) is 55.8 Å². The Morgan fingerprint density at radius 3 is 2.36 bits per heavy atom. The number of esters is 1. The Bertz CT molecular complexity index is 143. The van der Waals surface area contributed by atoms with Crippen LogP contribution in [-0.4, -0.2) is 37.5 Å². The SMILES string of the molecule is CCC(CC)C(=O)OCCOCCO. The van der Waals surface area contributed by atoms with Crippen molar-refractivity contribution in [2.75, 3.05) is 26.4 Å². The van der Waals surface area contributed by atoms with Gasteiger partial charge >= 0.3 is 5.97 Å². The van der Waals surface area contributed by atoms with E-state index in [0.29, 0.717) is 13.2 Å². The van der Waals surface area contributed by atoms with E-state index in [1.807, 2.05) is 13.8 Å². The lowest BCUT2D eigenvalue weighted by atomic mass is 10.0. The van der Waals surface area contributed by atoms with E-state index in [2.05, 4.69) is 0 Å². The normalized spacial score (nSPS) is 10.6. The smallest absolute Gasteiger partial charge is 0.308 e. The van der Waals surface area contributed by atoms with Crippen LogP contribution in [0, 0.1) is 5.92 Å². The third kappa shape index (κ3) is 5.94. The molecule has 0 rings (SSSR count). The lowest BCUT2D eigenvalue weighted by Crippen LogP contribution is -2.19. The monoisotopic (exact) mass is 204 g/mol. The summed E-state index contributed by atoms with van der Waals surface area (Å²) in [4.78, 5) is 11.3. The second kappa shape index (κ2) is 8.97. The molecule has 0 saturated heterocycles. The molecule has 0 amide bonds. The van der Waals surface area contributed by atoms with Crippen LogP contribution in [0.25, 0.3) is 0 Å². The van der Waals surface area contributed by atoms with Crippen molar-refractivity contribution in [3.63, 3.8) is 0 Å². The molecule has 14 heavy (non-hydrogen) atoms. The fourth-order valence-corrected chi connectivity index (χ4v) is 1.11. The lowest BCUT2D eigenvalue weighted by Gasteiger charge is -2.11. The molecular weight excluding hydrogens is 184 g/mol. The summed E-state index contributed by atoms with van der Waals surface area (Å²) in [5.41, 5.74) is 0. The van der Waals surface area contributed by atoms with Crippen LogP contribution in [0.2, 0.25) is 0 Å². The average Bonchev–Trinajstić information content (AvgIpc) is 2.19. The second-order valence-electron chi connectivity index (χ2n) is 3.02. The van der Waals surface area contributed by atoms with Crippen molar-refractivity contribution in [2.24, 2.45) is 5.92 Å². The van der Waals surface area contributed by atoms with Crippen molar-refractivity contribution in [1.29, 1.82) is 0 Å². The second-order valence-corrected chi connectivity index (χ2v) is 3.02. The molecule has 0 unspecified atom stereocenters. The zero-order chi connectivity index (χ0) is 10.8. The van der Waals surface area contributed by atoms with E-state index in [4.69, 9.17) is 14.6 Å². The van der Waals surface area contributed by atoms with Gasteiger partial charge in [-0.3, -0.25) is 4.79 Å². The van der Waals surface area contributed by atoms with Gasteiger partial charge in [-0.15, -0.1) is 0 Å². The van der Waals surface area contributed by atoms with Crippen LogP contribution >= 0.6 is 0 Å². The Morgan fingerprint density at radius 1 is 1.21 bits per heavy atom. The van der Waals surface area contributed by atoms with Gasteiger partial charge in [0, 0.05) is 0 Å². The molecule has 0 atom stereocenters. The van der Waals surface area contributed by atoms with Crippen molar-refractivity contribution in [1.82, 2.24) is 0 Å². The minimum atomic E-state index is -0.150. The highest BCUT2D eigenvalue weighted by Crippen LogP contribution is 2.09. The maximum absolute atomic E-state index is 11.3. The van der Waals surface area contributed by atoms with Crippen molar-refractivity contribution < 1.29 is 19.4 Å². The van der Waals surface area contributed by atoms with Crippen molar-refractivity contribution >= 4 is 5.97 Å². The first-order chi connectivity index (χ1) is 6.76. The van der Waals surface area contributed by atoms with Crippen LogP contribution in [0.4, 0.5) is 0 Å². The van der Waals surface area contributed by atoms with Crippen molar-refractivity contribution in [3.05, 3.63) is 0 Å². The van der Waals surface area contributed by atoms with Crippen LogP contribution in [-0.2, 0) is 14.3 Å². The predicted molar refractivity (Wildman–Crippen MR) is 52.9 cm³/mol. The van der Waals surface area contributed by atoms with E-state index < -0.39 is 0 Å². The number of ether oxygens (including phenoxy) is 2. The largest absolute Gasteiger partial charge is 0.463 e. The Labute approximate surface area is 85.2 Å². The summed E-state index contributed by atoms with van der Waals surface area (Å²) >= 11 is 0. The Morgan fingerprint density at radius 2 is 1.86 bits per heavy atom. The molecule has 0 radical (unpaired) electrons. The zero-order valence-corrected chi connectivity index (χ0v) is 8.99. The van der Waals surface area contributed by atoms with Crippen LogP contribution < -0.4 is 0 Å². The highest BCUT2D eigenvalue weighted by Gasteiger charge is 2.14. The number of carbonyl (C=O) groups is 1. The molecule has 0 fully saturated rings. The summed E-state index contributed by atoms with van der Waals surface area (Å²) in [5, 5.41) is 8.41. The molecule has 0 aromatic rings. The quantitative estimate of drug-likeness (QED) is 0.473. The lowest BCUT2D eigenvalue weighted by molar-refractivity contribution is -0.150. The van der Waals surface area contributed by atoms with E-state index in [9.17, 15) is 4.79 Å². The summed E-state index contributed by atoms with van der Waals surface area (Å²) < 4.78 is 9.94. The molecule has 0 saturated carbocycles. The van der Waals surface area contributed by atoms with E-state index >= 15 is 0 Å². The number of carbonyl (C=O) groups excluding carboxylic acids is 1. The van der Waals surface area contributed by atoms with Gasteiger partial charge in [-0.2, -0.15) is 0 Å². The fraction of sp³-hybridized carbons (Fsp3) is 0.900. The van der Waals surface area contributed by atoms with Crippen LogP contribution in [0.3, 0.4) is 0 Å².